The normalized spacial score (nSPS) is 24.7. The van der Waals surface area contributed by atoms with Gasteiger partial charge in [-0.15, -0.1) is 12.3 Å². The maximum Gasteiger partial charge on any atom is 0.240 e. The van der Waals surface area contributed by atoms with Crippen molar-refractivity contribution >= 4 is 5.91 Å². The summed E-state index contributed by atoms with van der Waals surface area (Å²) < 4.78 is 0. The van der Waals surface area contributed by atoms with Crippen LogP contribution in [0.3, 0.4) is 0 Å². The van der Waals surface area contributed by atoms with Gasteiger partial charge in [-0.1, -0.05) is 0 Å². The summed E-state index contributed by atoms with van der Waals surface area (Å²) >= 11 is 0. The number of rotatable bonds is 3. The van der Waals surface area contributed by atoms with Gasteiger partial charge in [0.1, 0.15) is 0 Å². The highest BCUT2D eigenvalue weighted by Crippen LogP contribution is 2.20. The quantitative estimate of drug-likeness (QED) is 0.621. The van der Waals surface area contributed by atoms with E-state index in [2.05, 4.69) is 5.92 Å². The third-order valence-electron chi connectivity index (χ3n) is 2.87. The number of aliphatic hydroxyl groups excluding tert-OH is 1. The van der Waals surface area contributed by atoms with Crippen molar-refractivity contribution in [2.75, 3.05) is 13.1 Å². The van der Waals surface area contributed by atoms with Gasteiger partial charge in [0.25, 0.3) is 0 Å². The molecule has 0 bridgehead atoms. The predicted molar refractivity (Wildman–Crippen MR) is 57.8 cm³/mol. The molecule has 0 radical (unpaired) electrons. The van der Waals surface area contributed by atoms with Crippen molar-refractivity contribution in [2.45, 2.75) is 31.9 Å². The van der Waals surface area contributed by atoms with Gasteiger partial charge in [-0.3, -0.25) is 4.79 Å². The first kappa shape index (κ1) is 12.0. The SMILES string of the molecule is C#CCC(N)C(=O)N1CCC(C(C)O)C1. The van der Waals surface area contributed by atoms with Crippen LogP contribution in [0.1, 0.15) is 19.8 Å². The zero-order valence-corrected chi connectivity index (χ0v) is 9.02. The molecule has 1 saturated heterocycles. The molecule has 1 fully saturated rings. The Kier molecular flexibility index (Phi) is 4.13. The van der Waals surface area contributed by atoms with Crippen LogP contribution in [0.2, 0.25) is 0 Å². The molecule has 4 heteroatoms. The van der Waals surface area contributed by atoms with Gasteiger partial charge in [0.2, 0.25) is 5.91 Å². The minimum atomic E-state index is -0.595. The summed E-state index contributed by atoms with van der Waals surface area (Å²) in [4.78, 5) is 13.4. The Morgan fingerprint density at radius 3 is 2.93 bits per heavy atom. The van der Waals surface area contributed by atoms with E-state index in [-0.39, 0.29) is 24.3 Å². The number of aliphatic hydroxyl groups is 1. The zero-order chi connectivity index (χ0) is 11.4. The standard InChI is InChI=1S/C11H18N2O2/c1-3-4-10(12)11(15)13-6-5-9(7-13)8(2)14/h1,8-10,14H,4-7,12H2,2H3. The van der Waals surface area contributed by atoms with Crippen molar-refractivity contribution in [2.24, 2.45) is 11.7 Å². The van der Waals surface area contributed by atoms with Crippen LogP contribution in [-0.2, 0) is 4.79 Å². The highest BCUT2D eigenvalue weighted by Gasteiger charge is 2.30. The average Bonchev–Trinajstić information content (AvgIpc) is 2.65. The first-order valence-corrected chi connectivity index (χ1v) is 5.22. The van der Waals surface area contributed by atoms with E-state index in [1.54, 1.807) is 11.8 Å². The van der Waals surface area contributed by atoms with Gasteiger partial charge >= 0.3 is 0 Å². The number of carbonyl (C=O) groups is 1. The van der Waals surface area contributed by atoms with Crippen LogP contribution in [0, 0.1) is 18.3 Å². The highest BCUT2D eigenvalue weighted by molar-refractivity contribution is 5.82. The second-order valence-electron chi connectivity index (χ2n) is 4.09. The maximum atomic E-state index is 11.7. The number of carbonyl (C=O) groups excluding carboxylic acids is 1. The summed E-state index contributed by atoms with van der Waals surface area (Å²) in [6, 6.07) is -0.595. The molecule has 84 valence electrons. The fraction of sp³-hybridized carbons (Fsp3) is 0.727. The van der Waals surface area contributed by atoms with Crippen LogP contribution >= 0.6 is 0 Å². The van der Waals surface area contributed by atoms with E-state index >= 15 is 0 Å². The molecule has 3 unspecified atom stereocenters. The molecule has 15 heavy (non-hydrogen) atoms. The van der Waals surface area contributed by atoms with Crippen molar-refractivity contribution in [3.63, 3.8) is 0 Å². The summed E-state index contributed by atoms with van der Waals surface area (Å²) in [5.41, 5.74) is 5.63. The zero-order valence-electron chi connectivity index (χ0n) is 9.02. The number of nitrogens with zero attached hydrogens (tertiary/aromatic N) is 1. The third kappa shape index (κ3) is 2.95. The highest BCUT2D eigenvalue weighted by atomic mass is 16.3. The molecule has 1 rings (SSSR count). The monoisotopic (exact) mass is 210 g/mol. The van der Waals surface area contributed by atoms with E-state index < -0.39 is 6.04 Å². The van der Waals surface area contributed by atoms with E-state index in [0.717, 1.165) is 6.42 Å². The number of hydrogen-bond acceptors (Lipinski definition) is 3. The smallest absolute Gasteiger partial charge is 0.240 e. The Labute approximate surface area is 90.4 Å². The van der Waals surface area contributed by atoms with Crippen molar-refractivity contribution in [1.82, 2.24) is 4.90 Å². The van der Waals surface area contributed by atoms with Crippen molar-refractivity contribution in [3.8, 4) is 12.3 Å². The van der Waals surface area contributed by atoms with Gasteiger partial charge in [-0.05, 0) is 13.3 Å². The summed E-state index contributed by atoms with van der Waals surface area (Å²) in [5, 5.41) is 9.39. The Morgan fingerprint density at radius 2 is 2.47 bits per heavy atom. The molecule has 1 heterocycles. The van der Waals surface area contributed by atoms with Crippen LogP contribution in [0.15, 0.2) is 0 Å². The molecule has 0 aliphatic carbocycles. The van der Waals surface area contributed by atoms with E-state index in [9.17, 15) is 9.90 Å². The minimum Gasteiger partial charge on any atom is -0.393 e. The molecule has 1 aliphatic heterocycles. The third-order valence-corrected chi connectivity index (χ3v) is 2.87. The topological polar surface area (TPSA) is 66.6 Å². The lowest BCUT2D eigenvalue weighted by atomic mass is 10.0. The lowest BCUT2D eigenvalue weighted by molar-refractivity contribution is -0.131. The summed E-state index contributed by atoms with van der Waals surface area (Å²) in [6.07, 6.45) is 5.84. The van der Waals surface area contributed by atoms with E-state index in [0.29, 0.717) is 13.1 Å². The molecule has 0 aromatic heterocycles. The lowest BCUT2D eigenvalue weighted by Gasteiger charge is -2.20. The molecular weight excluding hydrogens is 192 g/mol. The number of nitrogens with two attached hydrogens (primary N) is 1. The number of amides is 1. The Bertz CT molecular complexity index is 270. The molecule has 3 N–H and O–H groups in total. The summed E-state index contributed by atoms with van der Waals surface area (Å²) in [6.45, 7) is 3.02. The second-order valence-corrected chi connectivity index (χ2v) is 4.09. The second kappa shape index (κ2) is 5.15. The molecule has 4 nitrogen and oxygen atoms in total. The molecule has 0 aromatic carbocycles. The molecular formula is C11H18N2O2. The fourth-order valence-electron chi connectivity index (χ4n) is 1.83. The Hall–Kier alpha value is -1.05. The van der Waals surface area contributed by atoms with Crippen LogP contribution in [0.5, 0.6) is 0 Å². The van der Waals surface area contributed by atoms with Gasteiger partial charge in [0.05, 0.1) is 12.1 Å². The van der Waals surface area contributed by atoms with Gasteiger partial charge in [-0.25, -0.2) is 0 Å². The van der Waals surface area contributed by atoms with Gasteiger partial charge in [-0.2, -0.15) is 0 Å². The fourth-order valence-corrected chi connectivity index (χ4v) is 1.83. The van der Waals surface area contributed by atoms with Crippen molar-refractivity contribution in [1.29, 1.82) is 0 Å². The predicted octanol–water partition coefficient (Wildman–Crippen LogP) is -0.434. The molecule has 0 saturated carbocycles. The maximum absolute atomic E-state index is 11.7. The average molecular weight is 210 g/mol. The molecule has 1 amide bonds. The molecule has 3 atom stereocenters. The van der Waals surface area contributed by atoms with Gasteiger partial charge in [0.15, 0.2) is 0 Å². The summed E-state index contributed by atoms with van der Waals surface area (Å²) in [7, 11) is 0. The van der Waals surface area contributed by atoms with Crippen LogP contribution in [0.4, 0.5) is 0 Å². The molecule has 0 spiro atoms. The minimum absolute atomic E-state index is 0.101. The Morgan fingerprint density at radius 1 is 1.80 bits per heavy atom. The largest absolute Gasteiger partial charge is 0.393 e. The van der Waals surface area contributed by atoms with Gasteiger partial charge in [0, 0.05) is 25.4 Å². The number of hydrogen-bond donors (Lipinski definition) is 2. The first-order chi connectivity index (χ1) is 7.06. The van der Waals surface area contributed by atoms with Gasteiger partial charge < -0.3 is 15.7 Å². The van der Waals surface area contributed by atoms with E-state index in [1.165, 1.54) is 0 Å². The first-order valence-electron chi connectivity index (χ1n) is 5.22. The van der Waals surface area contributed by atoms with Crippen LogP contribution in [-0.4, -0.2) is 41.1 Å². The van der Waals surface area contributed by atoms with Crippen molar-refractivity contribution < 1.29 is 9.90 Å². The molecule has 0 aromatic rings. The Balaban J connectivity index is 2.47. The summed E-state index contributed by atoms with van der Waals surface area (Å²) in [5.74, 6) is 2.46. The van der Waals surface area contributed by atoms with Crippen LogP contribution in [0.25, 0.3) is 0 Å². The number of terminal acetylenes is 1. The molecule has 1 aliphatic rings. The van der Waals surface area contributed by atoms with Crippen molar-refractivity contribution in [3.05, 3.63) is 0 Å². The van der Waals surface area contributed by atoms with E-state index in [1.807, 2.05) is 0 Å². The number of likely N-dealkylation sites (tertiary alicyclic amines) is 1. The van der Waals surface area contributed by atoms with Crippen LogP contribution < -0.4 is 5.73 Å². The lowest BCUT2D eigenvalue weighted by Crippen LogP contribution is -2.42. The van der Waals surface area contributed by atoms with E-state index in [4.69, 9.17) is 12.2 Å².